The van der Waals surface area contributed by atoms with Gasteiger partial charge in [-0.1, -0.05) is 11.6 Å². The fourth-order valence-corrected chi connectivity index (χ4v) is 2.90. The van der Waals surface area contributed by atoms with Gasteiger partial charge >= 0.3 is 0 Å². The van der Waals surface area contributed by atoms with E-state index >= 15 is 0 Å². The number of nitrogens with one attached hydrogen (secondary N) is 1. The molecule has 1 unspecified atom stereocenters. The number of aromatic nitrogens is 3. The van der Waals surface area contributed by atoms with E-state index in [2.05, 4.69) is 25.2 Å². The third kappa shape index (κ3) is 3.72. The van der Waals surface area contributed by atoms with Gasteiger partial charge in [0.15, 0.2) is 22.5 Å². The molecule has 0 bridgehead atoms. The van der Waals surface area contributed by atoms with Gasteiger partial charge in [-0.15, -0.1) is 0 Å². The van der Waals surface area contributed by atoms with Crippen molar-refractivity contribution in [2.24, 2.45) is 5.73 Å². The van der Waals surface area contributed by atoms with Crippen LogP contribution in [0.2, 0.25) is 5.15 Å². The fraction of sp³-hybridized carbons (Fsp3) is 0.333. The molecule has 7 N–H and O–H groups in total. The Balaban J connectivity index is 1.86. The average molecular weight is 363 g/mol. The molecule has 3 heterocycles. The molecule has 132 valence electrons. The van der Waals surface area contributed by atoms with Crippen LogP contribution in [0.25, 0.3) is 0 Å². The van der Waals surface area contributed by atoms with Crippen molar-refractivity contribution >= 4 is 40.5 Å². The number of amides is 1. The first-order valence-electron chi connectivity index (χ1n) is 7.80. The monoisotopic (exact) mass is 362 g/mol. The van der Waals surface area contributed by atoms with Crippen molar-refractivity contribution in [3.8, 4) is 0 Å². The molecule has 0 spiro atoms. The van der Waals surface area contributed by atoms with Crippen molar-refractivity contribution in [1.29, 1.82) is 0 Å². The van der Waals surface area contributed by atoms with Crippen molar-refractivity contribution < 1.29 is 4.79 Å². The lowest BCUT2D eigenvalue weighted by Crippen LogP contribution is -2.43. The Morgan fingerprint density at radius 3 is 2.88 bits per heavy atom. The largest absolute Gasteiger partial charge is 0.382 e. The number of carbonyl (C=O) groups is 1. The number of nitrogens with two attached hydrogens (primary N) is 3. The van der Waals surface area contributed by atoms with Crippen molar-refractivity contribution in [3.63, 3.8) is 0 Å². The molecule has 2 aromatic heterocycles. The molecule has 0 saturated carbocycles. The predicted octanol–water partition coefficient (Wildman–Crippen LogP) is 0.869. The Bertz CT molecular complexity index is 799. The summed E-state index contributed by atoms with van der Waals surface area (Å²) in [6, 6.07) is 1.93. The van der Waals surface area contributed by atoms with Gasteiger partial charge in [-0.2, -0.15) is 0 Å². The third-order valence-electron chi connectivity index (χ3n) is 3.96. The molecule has 1 atom stereocenters. The summed E-state index contributed by atoms with van der Waals surface area (Å²) in [5.41, 5.74) is 18.6. The van der Waals surface area contributed by atoms with Crippen LogP contribution < -0.4 is 27.4 Å². The zero-order valence-electron chi connectivity index (χ0n) is 13.4. The minimum absolute atomic E-state index is 0.0277. The number of piperidine rings is 1. The first kappa shape index (κ1) is 17.2. The van der Waals surface area contributed by atoms with E-state index in [-0.39, 0.29) is 28.5 Å². The van der Waals surface area contributed by atoms with Gasteiger partial charge in [0.2, 0.25) is 0 Å². The van der Waals surface area contributed by atoms with E-state index in [0.29, 0.717) is 12.2 Å². The quantitative estimate of drug-likeness (QED) is 0.628. The Morgan fingerprint density at radius 2 is 2.12 bits per heavy atom. The zero-order valence-corrected chi connectivity index (χ0v) is 14.2. The van der Waals surface area contributed by atoms with E-state index in [1.807, 2.05) is 6.07 Å². The highest BCUT2D eigenvalue weighted by Crippen LogP contribution is 2.28. The number of rotatable bonds is 3. The standard InChI is InChI=1S/C15H19ClN8O/c16-12-14(19)23-13(18)11(22-12)15(25)21-9-6-20-4-3-10(9)24-5-1-2-8(17)7-24/h3-4,6,8H,1-2,5,7,17H2,(H,21,25)(H4,18,19,23). The van der Waals surface area contributed by atoms with Gasteiger partial charge in [0.05, 0.1) is 17.6 Å². The summed E-state index contributed by atoms with van der Waals surface area (Å²) in [5.74, 6) is -0.660. The molecule has 1 amide bonds. The first-order valence-corrected chi connectivity index (χ1v) is 8.18. The summed E-state index contributed by atoms with van der Waals surface area (Å²) in [5, 5.41) is 2.68. The molecule has 3 rings (SSSR count). The van der Waals surface area contributed by atoms with Crippen LogP contribution in [0.5, 0.6) is 0 Å². The van der Waals surface area contributed by atoms with Crippen molar-refractivity contribution in [2.45, 2.75) is 18.9 Å². The number of halogens is 1. The third-order valence-corrected chi connectivity index (χ3v) is 4.24. The number of hydrogen-bond acceptors (Lipinski definition) is 8. The highest BCUT2D eigenvalue weighted by atomic mass is 35.5. The van der Waals surface area contributed by atoms with Crippen LogP contribution in [0, 0.1) is 0 Å². The van der Waals surface area contributed by atoms with E-state index < -0.39 is 5.91 Å². The van der Waals surface area contributed by atoms with Gasteiger partial charge in [-0.05, 0) is 18.9 Å². The van der Waals surface area contributed by atoms with Crippen LogP contribution >= 0.6 is 11.6 Å². The predicted molar refractivity (Wildman–Crippen MR) is 97.5 cm³/mol. The Labute approximate surface area is 149 Å². The van der Waals surface area contributed by atoms with Crippen molar-refractivity contribution in [1.82, 2.24) is 15.0 Å². The van der Waals surface area contributed by atoms with Crippen LogP contribution in [0.1, 0.15) is 23.3 Å². The van der Waals surface area contributed by atoms with Crippen LogP contribution in [0.4, 0.5) is 23.0 Å². The first-order chi connectivity index (χ1) is 12.0. The summed E-state index contributed by atoms with van der Waals surface area (Å²) >= 11 is 5.83. The topological polar surface area (TPSA) is 149 Å². The molecule has 1 aliphatic heterocycles. The minimum Gasteiger partial charge on any atom is -0.382 e. The molecular formula is C15H19ClN8O. The van der Waals surface area contributed by atoms with Crippen molar-refractivity contribution in [3.05, 3.63) is 29.3 Å². The van der Waals surface area contributed by atoms with Crippen LogP contribution in [0.3, 0.4) is 0 Å². The molecule has 0 aromatic carbocycles. The number of nitrogen functional groups attached to an aromatic ring is 2. The maximum Gasteiger partial charge on any atom is 0.278 e. The molecule has 1 aliphatic rings. The molecule has 1 fully saturated rings. The fourth-order valence-electron chi connectivity index (χ4n) is 2.78. The number of hydrogen-bond donors (Lipinski definition) is 4. The lowest BCUT2D eigenvalue weighted by atomic mass is 10.1. The lowest BCUT2D eigenvalue weighted by molar-refractivity contribution is 0.102. The van der Waals surface area contributed by atoms with Gasteiger partial charge in [0.1, 0.15) is 0 Å². The average Bonchev–Trinajstić information content (AvgIpc) is 2.58. The van der Waals surface area contributed by atoms with Gasteiger partial charge in [-0.25, -0.2) is 9.97 Å². The zero-order chi connectivity index (χ0) is 18.0. The maximum atomic E-state index is 12.5. The van der Waals surface area contributed by atoms with E-state index in [0.717, 1.165) is 25.1 Å². The SMILES string of the molecule is Nc1nc(N)c(C(=O)Nc2cnccc2N2CCCC(N)C2)nc1Cl. The Hall–Kier alpha value is -2.65. The maximum absolute atomic E-state index is 12.5. The van der Waals surface area contributed by atoms with Crippen LogP contribution in [-0.4, -0.2) is 40.0 Å². The molecule has 1 saturated heterocycles. The molecule has 0 radical (unpaired) electrons. The summed E-state index contributed by atoms with van der Waals surface area (Å²) in [7, 11) is 0. The molecule has 2 aromatic rings. The Morgan fingerprint density at radius 1 is 1.32 bits per heavy atom. The smallest absolute Gasteiger partial charge is 0.278 e. The summed E-state index contributed by atoms with van der Waals surface area (Å²) in [4.78, 5) is 26.5. The molecule has 25 heavy (non-hydrogen) atoms. The summed E-state index contributed by atoms with van der Waals surface area (Å²) in [6.07, 6.45) is 5.21. The summed E-state index contributed by atoms with van der Waals surface area (Å²) < 4.78 is 0. The van der Waals surface area contributed by atoms with Crippen molar-refractivity contribution in [2.75, 3.05) is 34.8 Å². The van der Waals surface area contributed by atoms with E-state index in [1.165, 1.54) is 0 Å². The van der Waals surface area contributed by atoms with Gasteiger partial charge in [0.25, 0.3) is 5.91 Å². The number of nitrogens with zero attached hydrogens (tertiary/aromatic N) is 4. The number of anilines is 4. The number of pyridine rings is 1. The molecule has 10 heteroatoms. The highest BCUT2D eigenvalue weighted by Gasteiger charge is 2.22. The van der Waals surface area contributed by atoms with Gasteiger partial charge in [-0.3, -0.25) is 9.78 Å². The highest BCUT2D eigenvalue weighted by molar-refractivity contribution is 6.31. The van der Waals surface area contributed by atoms with Crippen LogP contribution in [0.15, 0.2) is 18.5 Å². The van der Waals surface area contributed by atoms with E-state index in [9.17, 15) is 4.79 Å². The van der Waals surface area contributed by atoms with Crippen LogP contribution in [-0.2, 0) is 0 Å². The molecule has 0 aliphatic carbocycles. The molecular weight excluding hydrogens is 344 g/mol. The Kier molecular flexibility index (Phi) is 4.86. The number of carbonyl (C=O) groups excluding carboxylic acids is 1. The van der Waals surface area contributed by atoms with Gasteiger partial charge in [0, 0.05) is 25.3 Å². The molecule has 9 nitrogen and oxygen atoms in total. The normalized spacial score (nSPS) is 17.4. The van der Waals surface area contributed by atoms with E-state index in [1.54, 1.807) is 12.4 Å². The summed E-state index contributed by atoms with van der Waals surface area (Å²) in [6.45, 7) is 1.57. The second-order valence-corrected chi connectivity index (χ2v) is 6.19. The minimum atomic E-state index is -0.539. The lowest BCUT2D eigenvalue weighted by Gasteiger charge is -2.33. The second kappa shape index (κ2) is 7.08. The van der Waals surface area contributed by atoms with E-state index in [4.69, 9.17) is 28.8 Å². The second-order valence-electron chi connectivity index (χ2n) is 5.83. The van der Waals surface area contributed by atoms with Gasteiger partial charge < -0.3 is 27.4 Å².